The van der Waals surface area contributed by atoms with Gasteiger partial charge in [-0.05, 0) is 93.9 Å². The molecule has 0 radical (unpaired) electrons. The Morgan fingerprint density at radius 2 is 1.90 bits per heavy atom. The molecule has 4 rings (SSSR count). The second kappa shape index (κ2) is 8.02. The maximum Gasteiger partial charge on any atom is 0.139 e. The Bertz CT molecular complexity index is 737. The van der Waals surface area contributed by atoms with Gasteiger partial charge in [-0.1, -0.05) is 30.7 Å². The van der Waals surface area contributed by atoms with Crippen LogP contribution in [-0.4, -0.2) is 44.1 Å². The second-order valence-corrected chi connectivity index (χ2v) is 10.6. The molecule has 3 unspecified atom stereocenters. The van der Waals surface area contributed by atoms with Crippen LogP contribution >= 0.6 is 0 Å². The molecule has 0 saturated heterocycles. The minimum Gasteiger partial charge on any atom is -0.394 e. The van der Waals surface area contributed by atoms with Crippen molar-refractivity contribution in [2.24, 2.45) is 33.7 Å². The van der Waals surface area contributed by atoms with Gasteiger partial charge in [0.2, 0.25) is 0 Å². The van der Waals surface area contributed by atoms with Gasteiger partial charge in [-0.2, -0.15) is 0 Å². The molecule has 0 heterocycles. The molecule has 29 heavy (non-hydrogen) atoms. The zero-order valence-corrected chi connectivity index (χ0v) is 18.7. The standard InChI is InChI=1S/C25H38N2O2/c1-24-12-9-18(11-14-26-29-16-15-27(3)4)17-19(24)5-6-20-21-7-8-23(28)25(21,2)13-10-22(20)24/h11,14,17,20-22H,5-10,12-13,15-16H2,1-4H3/b18-11+,26-14+/t20?,21?,22?,24-,25-/m0/s1. The van der Waals surface area contributed by atoms with Gasteiger partial charge in [0.05, 0.1) is 6.21 Å². The monoisotopic (exact) mass is 398 g/mol. The SMILES string of the molecule is CN(C)CCO/N=C/C=C1/C=C2CCC3C(CC[C@]4(C)C(=O)CCC34)[C@@]2(C)CC1. The van der Waals surface area contributed by atoms with Crippen LogP contribution in [-0.2, 0) is 9.63 Å². The first-order chi connectivity index (χ1) is 13.8. The number of hydrogen-bond acceptors (Lipinski definition) is 4. The van der Waals surface area contributed by atoms with E-state index < -0.39 is 0 Å². The Kier molecular flexibility index (Phi) is 5.76. The highest BCUT2D eigenvalue weighted by Crippen LogP contribution is 2.64. The van der Waals surface area contributed by atoms with Crippen molar-refractivity contribution in [2.45, 2.75) is 65.2 Å². The predicted octanol–water partition coefficient (Wildman–Crippen LogP) is 5.01. The number of oxime groups is 1. The molecule has 0 amide bonds. The summed E-state index contributed by atoms with van der Waals surface area (Å²) in [5.41, 5.74) is 3.34. The van der Waals surface area contributed by atoms with Gasteiger partial charge < -0.3 is 9.74 Å². The second-order valence-electron chi connectivity index (χ2n) is 10.6. The average molecular weight is 399 g/mol. The van der Waals surface area contributed by atoms with Crippen LogP contribution in [0.2, 0.25) is 0 Å². The van der Waals surface area contributed by atoms with Crippen LogP contribution in [0.4, 0.5) is 0 Å². The van der Waals surface area contributed by atoms with E-state index in [1.807, 2.05) is 20.3 Å². The highest BCUT2D eigenvalue weighted by Gasteiger charge is 2.58. The van der Waals surface area contributed by atoms with Crippen LogP contribution in [0.15, 0.2) is 28.5 Å². The van der Waals surface area contributed by atoms with Gasteiger partial charge in [-0.3, -0.25) is 4.79 Å². The lowest BCUT2D eigenvalue weighted by molar-refractivity contribution is -0.132. The molecule has 0 spiro atoms. The highest BCUT2D eigenvalue weighted by atomic mass is 16.6. The van der Waals surface area contributed by atoms with E-state index in [-0.39, 0.29) is 5.41 Å². The number of likely N-dealkylation sites (N-methyl/N-ethyl adjacent to an activating group) is 1. The van der Waals surface area contributed by atoms with Crippen molar-refractivity contribution in [1.29, 1.82) is 0 Å². The minimum absolute atomic E-state index is 0.0124. The van der Waals surface area contributed by atoms with Crippen LogP contribution in [0.3, 0.4) is 0 Å². The molecule has 0 bridgehead atoms. The lowest BCUT2D eigenvalue weighted by atomic mass is 9.47. The Morgan fingerprint density at radius 1 is 1.10 bits per heavy atom. The summed E-state index contributed by atoms with van der Waals surface area (Å²) in [6.07, 6.45) is 15.5. The molecule has 0 N–H and O–H groups in total. The fourth-order valence-corrected chi connectivity index (χ4v) is 6.96. The first-order valence-corrected chi connectivity index (χ1v) is 11.6. The molecule has 160 valence electrons. The molecule has 3 saturated carbocycles. The number of allylic oxidation sites excluding steroid dienone is 4. The molecule has 4 heteroatoms. The normalized spacial score (nSPS) is 40.7. The van der Waals surface area contributed by atoms with E-state index in [1.165, 1.54) is 31.3 Å². The molecule has 0 aromatic rings. The first-order valence-electron chi connectivity index (χ1n) is 11.6. The molecule has 0 aromatic carbocycles. The van der Waals surface area contributed by atoms with E-state index >= 15 is 0 Å². The molecule has 0 aliphatic heterocycles. The van der Waals surface area contributed by atoms with Gasteiger partial charge in [0, 0.05) is 18.4 Å². The average Bonchev–Trinajstić information content (AvgIpc) is 2.99. The number of hydrogen-bond donors (Lipinski definition) is 0. The number of ketones is 1. The van der Waals surface area contributed by atoms with E-state index in [9.17, 15) is 4.79 Å². The summed E-state index contributed by atoms with van der Waals surface area (Å²) >= 11 is 0. The van der Waals surface area contributed by atoms with Crippen molar-refractivity contribution in [3.63, 3.8) is 0 Å². The summed E-state index contributed by atoms with van der Waals surface area (Å²) in [6, 6.07) is 0. The van der Waals surface area contributed by atoms with E-state index in [2.05, 4.69) is 36.1 Å². The van der Waals surface area contributed by atoms with E-state index in [1.54, 1.807) is 5.57 Å². The Labute approximate surface area is 176 Å². The van der Waals surface area contributed by atoms with Gasteiger partial charge in [0.1, 0.15) is 12.4 Å². The van der Waals surface area contributed by atoms with Gasteiger partial charge >= 0.3 is 0 Å². The van der Waals surface area contributed by atoms with Crippen molar-refractivity contribution in [1.82, 2.24) is 4.90 Å². The predicted molar refractivity (Wildman–Crippen MR) is 118 cm³/mol. The van der Waals surface area contributed by atoms with E-state index in [4.69, 9.17) is 4.84 Å². The quantitative estimate of drug-likeness (QED) is 0.371. The van der Waals surface area contributed by atoms with Crippen LogP contribution < -0.4 is 0 Å². The number of fused-ring (bicyclic) bond motifs is 5. The number of rotatable bonds is 5. The van der Waals surface area contributed by atoms with E-state index in [0.717, 1.165) is 44.1 Å². The number of Topliss-reactive ketones (excluding diaryl/α,β-unsaturated/α-hetero) is 1. The lowest BCUT2D eigenvalue weighted by Gasteiger charge is -2.57. The summed E-state index contributed by atoms with van der Waals surface area (Å²) in [5, 5.41) is 4.09. The van der Waals surface area contributed by atoms with Crippen molar-refractivity contribution in [3.8, 4) is 0 Å². The molecular formula is C25H38N2O2. The molecule has 4 nitrogen and oxygen atoms in total. The minimum atomic E-state index is -0.0124. The third-order valence-electron chi connectivity index (χ3n) is 8.79. The Morgan fingerprint density at radius 3 is 2.69 bits per heavy atom. The lowest BCUT2D eigenvalue weighted by Crippen LogP contribution is -2.50. The Hall–Kier alpha value is -1.42. The topological polar surface area (TPSA) is 41.9 Å². The fourth-order valence-electron chi connectivity index (χ4n) is 6.96. The smallest absolute Gasteiger partial charge is 0.139 e. The van der Waals surface area contributed by atoms with Gasteiger partial charge in [-0.25, -0.2) is 0 Å². The maximum atomic E-state index is 12.6. The van der Waals surface area contributed by atoms with Gasteiger partial charge in [0.25, 0.3) is 0 Å². The summed E-state index contributed by atoms with van der Waals surface area (Å²) in [4.78, 5) is 20.0. The zero-order chi connectivity index (χ0) is 20.6. The van der Waals surface area contributed by atoms with Crippen LogP contribution in [0, 0.1) is 28.6 Å². The van der Waals surface area contributed by atoms with Gasteiger partial charge in [0.15, 0.2) is 0 Å². The molecule has 5 atom stereocenters. The largest absolute Gasteiger partial charge is 0.394 e. The third kappa shape index (κ3) is 3.73. The number of nitrogens with zero attached hydrogens (tertiary/aromatic N) is 2. The van der Waals surface area contributed by atoms with Crippen LogP contribution in [0.25, 0.3) is 0 Å². The molecule has 0 aromatic heterocycles. The summed E-state index contributed by atoms with van der Waals surface area (Å²) in [5.74, 6) is 2.69. The van der Waals surface area contributed by atoms with Crippen LogP contribution in [0.1, 0.15) is 65.2 Å². The molecular weight excluding hydrogens is 360 g/mol. The van der Waals surface area contributed by atoms with Gasteiger partial charge in [-0.15, -0.1) is 0 Å². The van der Waals surface area contributed by atoms with Crippen molar-refractivity contribution < 1.29 is 9.63 Å². The van der Waals surface area contributed by atoms with Crippen molar-refractivity contribution in [3.05, 3.63) is 23.3 Å². The molecule has 4 aliphatic rings. The maximum absolute atomic E-state index is 12.6. The first kappa shape index (κ1) is 20.8. The summed E-state index contributed by atoms with van der Waals surface area (Å²) < 4.78 is 0. The summed E-state index contributed by atoms with van der Waals surface area (Å²) in [6.45, 7) is 6.30. The number of carbonyl (C=O) groups is 1. The highest BCUT2D eigenvalue weighted by molar-refractivity contribution is 5.87. The molecule has 4 aliphatic carbocycles. The molecule has 3 fully saturated rings. The van der Waals surface area contributed by atoms with Crippen molar-refractivity contribution in [2.75, 3.05) is 27.2 Å². The third-order valence-corrected chi connectivity index (χ3v) is 8.79. The van der Waals surface area contributed by atoms with Crippen LogP contribution in [0.5, 0.6) is 0 Å². The summed E-state index contributed by atoms with van der Waals surface area (Å²) in [7, 11) is 4.07. The fraction of sp³-hybridized carbons (Fsp3) is 0.760. The van der Waals surface area contributed by atoms with Crippen molar-refractivity contribution >= 4 is 12.0 Å². The van der Waals surface area contributed by atoms with E-state index in [0.29, 0.717) is 23.7 Å². The number of carbonyl (C=O) groups excluding carboxylic acids is 1. The zero-order valence-electron chi connectivity index (χ0n) is 18.7. The Balaban J connectivity index is 1.44.